The van der Waals surface area contributed by atoms with Gasteiger partial charge in [-0.15, -0.1) is 0 Å². The van der Waals surface area contributed by atoms with Crippen molar-refractivity contribution in [1.29, 1.82) is 0 Å². The summed E-state index contributed by atoms with van der Waals surface area (Å²) in [6.45, 7) is 0.851. The van der Waals surface area contributed by atoms with Crippen molar-refractivity contribution in [3.05, 3.63) is 54.0 Å². The number of aromatic nitrogens is 3. The Labute approximate surface area is 105 Å². The van der Waals surface area contributed by atoms with Gasteiger partial charge in [-0.2, -0.15) is 5.10 Å². The Morgan fingerprint density at radius 3 is 2.78 bits per heavy atom. The molecule has 0 aliphatic heterocycles. The Balaban J connectivity index is 1.97. The molecule has 2 aromatic heterocycles. The average molecular weight is 241 g/mol. The Morgan fingerprint density at radius 1 is 1.17 bits per heavy atom. The lowest BCUT2D eigenvalue weighted by Gasteiger charge is -2.03. The Morgan fingerprint density at radius 2 is 2.06 bits per heavy atom. The fourth-order valence-corrected chi connectivity index (χ4v) is 2.21. The summed E-state index contributed by atoms with van der Waals surface area (Å²) in [6, 6.07) is 10.1. The summed E-state index contributed by atoms with van der Waals surface area (Å²) in [5.41, 5.74) is 3.15. The molecule has 92 valence electrons. The van der Waals surface area contributed by atoms with E-state index in [4.69, 9.17) is 5.11 Å². The fourth-order valence-electron chi connectivity index (χ4n) is 2.21. The summed E-state index contributed by atoms with van der Waals surface area (Å²) in [4.78, 5) is 0. The van der Waals surface area contributed by atoms with Crippen LogP contribution < -0.4 is 0 Å². The molecule has 2 heterocycles. The lowest BCUT2D eigenvalue weighted by atomic mass is 10.2. The van der Waals surface area contributed by atoms with Gasteiger partial charge >= 0.3 is 0 Å². The highest BCUT2D eigenvalue weighted by Gasteiger charge is 2.04. The minimum Gasteiger partial charge on any atom is -0.392 e. The standard InChI is InChI=1S/C14H15N3O/c1-16-6-5-13(15-16)9-17-7-4-12-8-11(10-18)2-3-14(12)17/h2-8,18H,9-10H2,1H3. The molecule has 0 radical (unpaired) electrons. The zero-order valence-electron chi connectivity index (χ0n) is 10.2. The van der Waals surface area contributed by atoms with Crippen molar-refractivity contribution in [1.82, 2.24) is 14.3 Å². The SMILES string of the molecule is Cn1ccc(Cn2ccc3cc(CO)ccc32)n1. The van der Waals surface area contributed by atoms with Crippen molar-refractivity contribution >= 4 is 10.9 Å². The Hall–Kier alpha value is -2.07. The van der Waals surface area contributed by atoms with E-state index in [-0.39, 0.29) is 6.61 Å². The molecular weight excluding hydrogens is 226 g/mol. The second kappa shape index (κ2) is 4.31. The van der Waals surface area contributed by atoms with Crippen LogP contribution >= 0.6 is 0 Å². The van der Waals surface area contributed by atoms with Gasteiger partial charge in [-0.05, 0) is 35.2 Å². The molecule has 3 rings (SSSR count). The number of aryl methyl sites for hydroxylation is 1. The minimum atomic E-state index is 0.0847. The van der Waals surface area contributed by atoms with Crippen molar-refractivity contribution in [3.8, 4) is 0 Å². The zero-order valence-corrected chi connectivity index (χ0v) is 10.2. The van der Waals surface area contributed by atoms with E-state index in [2.05, 4.69) is 21.9 Å². The number of aliphatic hydroxyl groups is 1. The third-order valence-corrected chi connectivity index (χ3v) is 3.12. The van der Waals surface area contributed by atoms with Gasteiger partial charge in [-0.1, -0.05) is 6.07 Å². The summed E-state index contributed by atoms with van der Waals surface area (Å²) in [7, 11) is 1.92. The molecule has 4 nitrogen and oxygen atoms in total. The highest BCUT2D eigenvalue weighted by Crippen LogP contribution is 2.18. The monoisotopic (exact) mass is 241 g/mol. The van der Waals surface area contributed by atoms with Crippen LogP contribution in [0.5, 0.6) is 0 Å². The molecule has 18 heavy (non-hydrogen) atoms. The zero-order chi connectivity index (χ0) is 12.5. The van der Waals surface area contributed by atoms with E-state index in [1.54, 1.807) is 0 Å². The first-order valence-electron chi connectivity index (χ1n) is 5.93. The lowest BCUT2D eigenvalue weighted by molar-refractivity contribution is 0.282. The number of hydrogen-bond acceptors (Lipinski definition) is 2. The van der Waals surface area contributed by atoms with Crippen LogP contribution in [0.4, 0.5) is 0 Å². The van der Waals surface area contributed by atoms with Gasteiger partial charge < -0.3 is 9.67 Å². The molecule has 0 saturated carbocycles. The van der Waals surface area contributed by atoms with Crippen LogP contribution in [0.15, 0.2) is 42.7 Å². The topological polar surface area (TPSA) is 43.0 Å². The molecule has 0 aliphatic carbocycles. The lowest BCUT2D eigenvalue weighted by Crippen LogP contribution is -1.99. The van der Waals surface area contributed by atoms with Gasteiger partial charge in [0, 0.05) is 25.0 Å². The van der Waals surface area contributed by atoms with Crippen molar-refractivity contribution in [2.45, 2.75) is 13.2 Å². The number of rotatable bonds is 3. The van der Waals surface area contributed by atoms with Gasteiger partial charge in [0.2, 0.25) is 0 Å². The summed E-state index contributed by atoms with van der Waals surface area (Å²) in [5.74, 6) is 0. The normalized spacial score (nSPS) is 11.2. The van der Waals surface area contributed by atoms with Crippen molar-refractivity contribution in [3.63, 3.8) is 0 Å². The van der Waals surface area contributed by atoms with E-state index >= 15 is 0 Å². The molecule has 0 spiro atoms. The van der Waals surface area contributed by atoms with Crippen LogP contribution in [0.3, 0.4) is 0 Å². The third-order valence-electron chi connectivity index (χ3n) is 3.12. The highest BCUT2D eigenvalue weighted by atomic mass is 16.3. The van der Waals surface area contributed by atoms with Gasteiger partial charge in [0.25, 0.3) is 0 Å². The molecular formula is C14H15N3O. The van der Waals surface area contributed by atoms with E-state index < -0.39 is 0 Å². The van der Waals surface area contributed by atoms with E-state index in [9.17, 15) is 0 Å². The maximum absolute atomic E-state index is 9.12. The summed E-state index contributed by atoms with van der Waals surface area (Å²) in [6.07, 6.45) is 4.01. The maximum atomic E-state index is 9.12. The van der Waals surface area contributed by atoms with E-state index in [0.717, 1.165) is 28.7 Å². The minimum absolute atomic E-state index is 0.0847. The number of fused-ring (bicyclic) bond motifs is 1. The van der Waals surface area contributed by atoms with Gasteiger partial charge in [0.1, 0.15) is 0 Å². The predicted octanol–water partition coefficient (Wildman–Crippen LogP) is 1.92. The molecule has 1 aromatic carbocycles. The quantitative estimate of drug-likeness (QED) is 0.761. The largest absolute Gasteiger partial charge is 0.392 e. The summed E-state index contributed by atoms with van der Waals surface area (Å²) < 4.78 is 3.98. The molecule has 4 heteroatoms. The molecule has 0 unspecified atom stereocenters. The molecule has 3 aromatic rings. The second-order valence-electron chi connectivity index (χ2n) is 4.48. The molecule has 1 N–H and O–H groups in total. The summed E-state index contributed by atoms with van der Waals surface area (Å²) >= 11 is 0. The third kappa shape index (κ3) is 1.91. The van der Waals surface area contributed by atoms with Crippen molar-refractivity contribution < 1.29 is 5.11 Å². The number of nitrogens with zero attached hydrogens (tertiary/aromatic N) is 3. The fraction of sp³-hybridized carbons (Fsp3) is 0.214. The van der Waals surface area contributed by atoms with Crippen LogP contribution in [0, 0.1) is 0 Å². The first-order valence-corrected chi connectivity index (χ1v) is 5.93. The number of aliphatic hydroxyl groups excluding tert-OH is 1. The first kappa shape index (κ1) is 11.0. The Kier molecular flexibility index (Phi) is 2.64. The molecule has 0 amide bonds. The van der Waals surface area contributed by atoms with Crippen LogP contribution in [-0.4, -0.2) is 19.5 Å². The Bertz CT molecular complexity index is 681. The number of benzene rings is 1. The predicted molar refractivity (Wildman–Crippen MR) is 70.2 cm³/mol. The molecule has 0 saturated heterocycles. The van der Waals surface area contributed by atoms with E-state index in [0.29, 0.717) is 0 Å². The average Bonchev–Trinajstić information content (AvgIpc) is 2.96. The van der Waals surface area contributed by atoms with Gasteiger partial charge in [0.05, 0.1) is 18.8 Å². The van der Waals surface area contributed by atoms with Crippen LogP contribution in [0.1, 0.15) is 11.3 Å². The summed E-state index contributed by atoms with van der Waals surface area (Å²) in [5, 5.41) is 14.7. The highest BCUT2D eigenvalue weighted by molar-refractivity contribution is 5.80. The van der Waals surface area contributed by atoms with Crippen LogP contribution in [0.25, 0.3) is 10.9 Å². The number of hydrogen-bond donors (Lipinski definition) is 1. The van der Waals surface area contributed by atoms with Crippen molar-refractivity contribution in [2.24, 2.45) is 7.05 Å². The molecule has 0 atom stereocenters. The van der Waals surface area contributed by atoms with E-state index in [1.165, 1.54) is 0 Å². The first-order chi connectivity index (χ1) is 8.76. The second-order valence-corrected chi connectivity index (χ2v) is 4.48. The van der Waals surface area contributed by atoms with Gasteiger partial charge in [-0.3, -0.25) is 4.68 Å². The van der Waals surface area contributed by atoms with E-state index in [1.807, 2.05) is 42.2 Å². The van der Waals surface area contributed by atoms with Crippen LogP contribution in [-0.2, 0) is 20.2 Å². The molecule has 0 fully saturated rings. The smallest absolute Gasteiger partial charge is 0.0821 e. The van der Waals surface area contributed by atoms with Crippen molar-refractivity contribution in [2.75, 3.05) is 0 Å². The van der Waals surface area contributed by atoms with Gasteiger partial charge in [-0.25, -0.2) is 0 Å². The molecule has 0 bridgehead atoms. The van der Waals surface area contributed by atoms with Gasteiger partial charge in [0.15, 0.2) is 0 Å². The van der Waals surface area contributed by atoms with Crippen LogP contribution in [0.2, 0.25) is 0 Å². The molecule has 0 aliphatic rings. The maximum Gasteiger partial charge on any atom is 0.0821 e.